The second-order valence-electron chi connectivity index (χ2n) is 5.67. The predicted octanol–water partition coefficient (Wildman–Crippen LogP) is 2.47. The number of rotatable bonds is 5. The van der Waals surface area contributed by atoms with Gasteiger partial charge in [0, 0.05) is 12.6 Å². The van der Waals surface area contributed by atoms with Crippen LogP contribution in [0.15, 0.2) is 0 Å². The summed E-state index contributed by atoms with van der Waals surface area (Å²) >= 11 is 0. The van der Waals surface area contributed by atoms with Crippen molar-refractivity contribution in [2.75, 3.05) is 13.1 Å². The van der Waals surface area contributed by atoms with Crippen LogP contribution in [0, 0.1) is 11.8 Å². The lowest BCUT2D eigenvalue weighted by molar-refractivity contribution is -0.182. The predicted molar refractivity (Wildman–Crippen MR) is 67.7 cm³/mol. The molecule has 0 aliphatic heterocycles. The molecule has 1 amide bonds. The molecule has 1 rings (SSSR count). The van der Waals surface area contributed by atoms with Crippen LogP contribution in [0.5, 0.6) is 0 Å². The third-order valence-electron chi connectivity index (χ3n) is 3.45. The van der Waals surface area contributed by atoms with Crippen molar-refractivity contribution in [3.63, 3.8) is 0 Å². The molecule has 1 aliphatic carbocycles. The number of carbonyl (C=O) groups is 1. The summed E-state index contributed by atoms with van der Waals surface area (Å²) in [6.45, 7) is 4.83. The average molecular weight is 280 g/mol. The first-order valence-corrected chi connectivity index (χ1v) is 6.86. The Balaban J connectivity index is 2.18. The lowest BCUT2D eigenvalue weighted by atomic mass is 9.85. The number of carbonyl (C=O) groups excluding carboxylic acids is 1. The van der Waals surface area contributed by atoms with Crippen molar-refractivity contribution >= 4 is 5.91 Å². The molecule has 0 aromatic heterocycles. The lowest BCUT2D eigenvalue weighted by Crippen LogP contribution is -2.42. The second-order valence-corrected chi connectivity index (χ2v) is 5.67. The Kier molecular flexibility index (Phi) is 6.10. The van der Waals surface area contributed by atoms with Gasteiger partial charge in [-0.2, -0.15) is 13.2 Å². The van der Waals surface area contributed by atoms with Gasteiger partial charge < -0.3 is 10.6 Å². The first-order chi connectivity index (χ1) is 8.79. The van der Waals surface area contributed by atoms with Crippen LogP contribution in [0.3, 0.4) is 0 Å². The van der Waals surface area contributed by atoms with E-state index in [2.05, 4.69) is 10.6 Å². The SMILES string of the molecule is CC(C)CNC(=O)CNC1CCC(C(F)(F)F)CC1. The van der Waals surface area contributed by atoms with Crippen molar-refractivity contribution in [2.45, 2.75) is 51.7 Å². The quantitative estimate of drug-likeness (QED) is 0.812. The summed E-state index contributed by atoms with van der Waals surface area (Å²) in [5, 5.41) is 5.81. The first-order valence-electron chi connectivity index (χ1n) is 6.86. The van der Waals surface area contributed by atoms with Crippen molar-refractivity contribution in [1.29, 1.82) is 0 Å². The molecule has 1 aliphatic rings. The van der Waals surface area contributed by atoms with E-state index >= 15 is 0 Å². The van der Waals surface area contributed by atoms with Crippen LogP contribution >= 0.6 is 0 Å². The third-order valence-corrected chi connectivity index (χ3v) is 3.45. The summed E-state index contributed by atoms with van der Waals surface area (Å²) in [4.78, 5) is 11.5. The van der Waals surface area contributed by atoms with Crippen LogP contribution < -0.4 is 10.6 Å². The number of amides is 1. The lowest BCUT2D eigenvalue weighted by Gasteiger charge is -2.30. The highest BCUT2D eigenvalue weighted by Crippen LogP contribution is 2.37. The van der Waals surface area contributed by atoms with Crippen molar-refractivity contribution in [1.82, 2.24) is 10.6 Å². The molecule has 0 atom stereocenters. The number of nitrogens with one attached hydrogen (secondary N) is 2. The van der Waals surface area contributed by atoms with E-state index in [1.807, 2.05) is 13.8 Å². The van der Waals surface area contributed by atoms with Gasteiger partial charge in [0.15, 0.2) is 0 Å². The summed E-state index contributed by atoms with van der Waals surface area (Å²) in [5.41, 5.74) is 0. The van der Waals surface area contributed by atoms with Gasteiger partial charge in [-0.1, -0.05) is 13.8 Å². The van der Waals surface area contributed by atoms with Crippen LogP contribution in [0.25, 0.3) is 0 Å². The molecule has 0 spiro atoms. The molecule has 3 nitrogen and oxygen atoms in total. The van der Waals surface area contributed by atoms with Crippen molar-refractivity contribution in [3.8, 4) is 0 Å². The summed E-state index contributed by atoms with van der Waals surface area (Å²) in [7, 11) is 0. The minimum Gasteiger partial charge on any atom is -0.355 e. The van der Waals surface area contributed by atoms with E-state index < -0.39 is 12.1 Å². The van der Waals surface area contributed by atoms with Gasteiger partial charge in [0.1, 0.15) is 0 Å². The molecule has 6 heteroatoms. The second kappa shape index (κ2) is 7.12. The average Bonchev–Trinajstić information content (AvgIpc) is 2.33. The zero-order chi connectivity index (χ0) is 14.5. The van der Waals surface area contributed by atoms with Gasteiger partial charge in [0.2, 0.25) is 5.91 Å². The number of hydrogen-bond acceptors (Lipinski definition) is 2. The van der Waals surface area contributed by atoms with Crippen molar-refractivity contribution < 1.29 is 18.0 Å². The fourth-order valence-electron chi connectivity index (χ4n) is 2.24. The van der Waals surface area contributed by atoms with Gasteiger partial charge >= 0.3 is 6.18 Å². The van der Waals surface area contributed by atoms with E-state index in [0.29, 0.717) is 25.3 Å². The van der Waals surface area contributed by atoms with E-state index in [-0.39, 0.29) is 31.3 Å². The molecule has 0 aromatic carbocycles. The molecule has 0 heterocycles. The van der Waals surface area contributed by atoms with E-state index in [0.717, 1.165) is 0 Å². The normalized spacial score (nSPS) is 24.5. The van der Waals surface area contributed by atoms with Crippen LogP contribution in [0.4, 0.5) is 13.2 Å². The highest BCUT2D eigenvalue weighted by atomic mass is 19.4. The Bertz CT molecular complexity index is 284. The molecule has 0 aromatic rings. The smallest absolute Gasteiger partial charge is 0.355 e. The van der Waals surface area contributed by atoms with Crippen molar-refractivity contribution in [2.24, 2.45) is 11.8 Å². The Labute approximate surface area is 112 Å². The highest BCUT2D eigenvalue weighted by Gasteiger charge is 2.41. The molecule has 112 valence electrons. The molecule has 0 bridgehead atoms. The fourth-order valence-corrected chi connectivity index (χ4v) is 2.24. The number of halogens is 3. The van der Waals surface area contributed by atoms with E-state index in [9.17, 15) is 18.0 Å². The fraction of sp³-hybridized carbons (Fsp3) is 0.923. The maximum Gasteiger partial charge on any atom is 0.391 e. The molecule has 0 radical (unpaired) electrons. The van der Waals surface area contributed by atoms with Crippen molar-refractivity contribution in [3.05, 3.63) is 0 Å². The van der Waals surface area contributed by atoms with Crippen LogP contribution in [0.2, 0.25) is 0 Å². The molecule has 2 N–H and O–H groups in total. The van der Waals surface area contributed by atoms with Gasteiger partial charge in [-0.3, -0.25) is 4.79 Å². The highest BCUT2D eigenvalue weighted by molar-refractivity contribution is 5.77. The van der Waals surface area contributed by atoms with Gasteiger partial charge in [0.25, 0.3) is 0 Å². The summed E-state index contributed by atoms with van der Waals surface area (Å²) in [6.07, 6.45) is -2.77. The maximum absolute atomic E-state index is 12.5. The minimum atomic E-state index is -4.07. The zero-order valence-electron chi connectivity index (χ0n) is 11.5. The van der Waals surface area contributed by atoms with E-state index in [1.165, 1.54) is 0 Å². The van der Waals surface area contributed by atoms with Gasteiger partial charge in [-0.25, -0.2) is 0 Å². The molecule has 1 saturated carbocycles. The van der Waals surface area contributed by atoms with Crippen LogP contribution in [-0.4, -0.2) is 31.2 Å². The Morgan fingerprint density at radius 2 is 1.79 bits per heavy atom. The summed E-state index contributed by atoms with van der Waals surface area (Å²) in [5.74, 6) is -0.863. The van der Waals surface area contributed by atoms with E-state index in [1.54, 1.807) is 0 Å². The summed E-state index contributed by atoms with van der Waals surface area (Å²) in [6, 6.07) is 0.0309. The van der Waals surface area contributed by atoms with Crippen LogP contribution in [0.1, 0.15) is 39.5 Å². The Morgan fingerprint density at radius 3 is 2.26 bits per heavy atom. The first kappa shape index (κ1) is 16.3. The topological polar surface area (TPSA) is 41.1 Å². The zero-order valence-corrected chi connectivity index (χ0v) is 11.5. The molecule has 0 unspecified atom stereocenters. The van der Waals surface area contributed by atoms with Crippen LogP contribution in [-0.2, 0) is 4.79 Å². The van der Waals surface area contributed by atoms with Gasteiger partial charge in [0.05, 0.1) is 12.5 Å². The molecular formula is C13H23F3N2O. The maximum atomic E-state index is 12.5. The van der Waals surface area contributed by atoms with Gasteiger partial charge in [-0.15, -0.1) is 0 Å². The van der Waals surface area contributed by atoms with E-state index in [4.69, 9.17) is 0 Å². The Hall–Kier alpha value is -0.780. The minimum absolute atomic E-state index is 0.0309. The largest absolute Gasteiger partial charge is 0.391 e. The molecule has 1 fully saturated rings. The van der Waals surface area contributed by atoms with Gasteiger partial charge in [-0.05, 0) is 31.6 Å². The molecule has 0 saturated heterocycles. The number of alkyl halides is 3. The summed E-state index contributed by atoms with van der Waals surface area (Å²) < 4.78 is 37.4. The Morgan fingerprint density at radius 1 is 1.21 bits per heavy atom. The third kappa shape index (κ3) is 6.27. The standard InChI is InChI=1S/C13H23F3N2O/c1-9(2)7-18-12(19)8-17-11-5-3-10(4-6-11)13(14,15)16/h9-11,17H,3-8H2,1-2H3,(H,18,19). The molecular weight excluding hydrogens is 257 g/mol. The molecule has 19 heavy (non-hydrogen) atoms. The number of hydrogen-bond donors (Lipinski definition) is 2. The monoisotopic (exact) mass is 280 g/mol.